The molecule has 0 radical (unpaired) electrons. The fourth-order valence-electron chi connectivity index (χ4n) is 3.69. The minimum atomic E-state index is -4.53. The van der Waals surface area contributed by atoms with E-state index in [-0.39, 0.29) is 22.8 Å². The Labute approximate surface area is 257 Å². The summed E-state index contributed by atoms with van der Waals surface area (Å²) >= 11 is 11.5. The van der Waals surface area contributed by atoms with Crippen LogP contribution in [0.1, 0.15) is 41.4 Å². The highest BCUT2D eigenvalue weighted by molar-refractivity contribution is 6.30. The zero-order valence-electron chi connectivity index (χ0n) is 22.5. The van der Waals surface area contributed by atoms with E-state index in [1.807, 2.05) is 0 Å². The van der Waals surface area contributed by atoms with Crippen molar-refractivity contribution in [2.75, 3.05) is 0 Å². The lowest BCUT2D eigenvalue weighted by atomic mass is 10.1. The Hall–Kier alpha value is -4.22. The van der Waals surface area contributed by atoms with Gasteiger partial charge in [-0.3, -0.25) is 4.79 Å². The second kappa shape index (κ2) is 14.5. The summed E-state index contributed by atoms with van der Waals surface area (Å²) < 4.78 is 86.7. The van der Waals surface area contributed by atoms with Gasteiger partial charge in [-0.1, -0.05) is 59.6 Å². The fraction of sp³-hybridized carbons (Fsp3) is 0.161. The van der Waals surface area contributed by atoms with Crippen molar-refractivity contribution < 1.29 is 50.5 Å². The summed E-state index contributed by atoms with van der Waals surface area (Å²) in [7, 11) is 0. The number of ketones is 1. The lowest BCUT2D eigenvalue weighted by Crippen LogP contribution is -2.18. The van der Waals surface area contributed by atoms with Crippen LogP contribution in [-0.4, -0.2) is 16.9 Å². The van der Waals surface area contributed by atoms with Crippen LogP contribution < -0.4 is 9.47 Å². The largest absolute Gasteiger partial charge is 0.478 e. The van der Waals surface area contributed by atoms with Gasteiger partial charge in [-0.2, -0.15) is 26.3 Å². The molecule has 0 saturated carbocycles. The lowest BCUT2D eigenvalue weighted by Gasteiger charge is -2.18. The van der Waals surface area contributed by atoms with Crippen LogP contribution in [0.15, 0.2) is 97.1 Å². The maximum absolute atomic E-state index is 12.7. The molecular formula is C31H22Cl2F6O5. The highest BCUT2D eigenvalue weighted by Gasteiger charge is 2.32. The first kappa shape index (κ1) is 34.3. The zero-order chi connectivity index (χ0) is 32.7. The number of carbonyl (C=O) groups excluding carboxylic acids is 1. The average molecular weight is 659 g/mol. The van der Waals surface area contributed by atoms with Crippen LogP contribution >= 0.6 is 23.2 Å². The molecule has 232 valence electrons. The van der Waals surface area contributed by atoms with Crippen molar-refractivity contribution in [3.63, 3.8) is 0 Å². The number of aliphatic carboxylic acids is 1. The van der Waals surface area contributed by atoms with Crippen LogP contribution in [-0.2, 0) is 21.9 Å². The van der Waals surface area contributed by atoms with Crippen LogP contribution in [0.25, 0.3) is 0 Å². The Morgan fingerprint density at radius 3 is 1.34 bits per heavy atom. The Morgan fingerprint density at radius 2 is 1.00 bits per heavy atom. The predicted molar refractivity (Wildman–Crippen MR) is 151 cm³/mol. The van der Waals surface area contributed by atoms with Crippen molar-refractivity contribution in [1.29, 1.82) is 0 Å². The van der Waals surface area contributed by atoms with Crippen molar-refractivity contribution in [2.45, 2.75) is 31.5 Å². The van der Waals surface area contributed by atoms with Crippen LogP contribution in [0, 0.1) is 0 Å². The van der Waals surface area contributed by atoms with Crippen molar-refractivity contribution in [3.05, 3.63) is 129 Å². The molecule has 0 aliphatic rings. The number of carboxylic acid groups (broad SMARTS) is 1. The Kier molecular flexibility index (Phi) is 11.3. The van der Waals surface area contributed by atoms with Crippen LogP contribution in [0.2, 0.25) is 10.0 Å². The van der Waals surface area contributed by atoms with Crippen LogP contribution in [0.4, 0.5) is 26.3 Å². The van der Waals surface area contributed by atoms with E-state index < -0.39 is 41.7 Å². The summed E-state index contributed by atoms with van der Waals surface area (Å²) in [5.41, 5.74) is -0.947. The molecule has 0 aromatic heterocycles. The molecular weight excluding hydrogens is 637 g/mol. The number of halogens is 8. The molecule has 0 heterocycles. The van der Waals surface area contributed by atoms with Gasteiger partial charge in [0.05, 0.1) is 11.1 Å². The highest BCUT2D eigenvalue weighted by atomic mass is 35.5. The first-order valence-corrected chi connectivity index (χ1v) is 13.2. The molecule has 0 aliphatic carbocycles. The molecule has 1 N–H and O–H groups in total. The van der Waals surface area contributed by atoms with Gasteiger partial charge in [0.2, 0.25) is 6.10 Å². The quantitative estimate of drug-likeness (QED) is 0.191. The van der Waals surface area contributed by atoms with Gasteiger partial charge in [0.1, 0.15) is 11.5 Å². The van der Waals surface area contributed by atoms with E-state index in [0.29, 0.717) is 15.6 Å². The number of benzene rings is 4. The molecule has 0 saturated heterocycles. The zero-order valence-corrected chi connectivity index (χ0v) is 24.0. The third-order valence-electron chi connectivity index (χ3n) is 5.77. The molecule has 13 heteroatoms. The summed E-state index contributed by atoms with van der Waals surface area (Å²) in [6, 6.07) is 20.7. The maximum atomic E-state index is 12.7. The van der Waals surface area contributed by atoms with Gasteiger partial charge in [0.25, 0.3) is 0 Å². The van der Waals surface area contributed by atoms with E-state index in [1.54, 1.807) is 24.3 Å². The summed E-state index contributed by atoms with van der Waals surface area (Å²) in [5.74, 6) is -1.85. The SMILES string of the molecule is CC(=O)C(Oc1cccc(C(F)(F)F)c1)c1ccc(Cl)cc1.O=C(O)C(Oc1cccc(C(F)(F)F)c1)c1ccc(Cl)cc1. The predicted octanol–water partition coefficient (Wildman–Crippen LogP) is 9.63. The van der Waals surface area contributed by atoms with Gasteiger partial charge in [-0.05, 0) is 73.2 Å². The van der Waals surface area contributed by atoms with Gasteiger partial charge >= 0.3 is 18.3 Å². The average Bonchev–Trinajstić information content (AvgIpc) is 2.95. The van der Waals surface area contributed by atoms with Crippen LogP contribution in [0.5, 0.6) is 11.5 Å². The molecule has 0 bridgehead atoms. The number of rotatable bonds is 8. The number of Topliss-reactive ketones (excluding diaryl/α,β-unsaturated/α-hetero) is 1. The standard InChI is InChI=1S/C16H12ClF3O2.C15H10ClF3O3/c1-10(21)15(11-5-7-13(17)8-6-11)22-14-4-2-3-12(9-14)16(18,19)20;16-11-6-4-9(5-7-11)13(14(20)21)22-12-3-1-2-10(8-12)15(17,18)19/h2-9,15H,1H3;1-8,13H,(H,20,21). The maximum Gasteiger partial charge on any atom is 0.416 e. The second-order valence-electron chi connectivity index (χ2n) is 9.10. The second-order valence-corrected chi connectivity index (χ2v) is 9.97. The topological polar surface area (TPSA) is 72.8 Å². The smallest absolute Gasteiger partial charge is 0.416 e. The molecule has 2 unspecified atom stereocenters. The number of carboxylic acids is 1. The molecule has 44 heavy (non-hydrogen) atoms. The summed E-state index contributed by atoms with van der Waals surface area (Å²) in [6.07, 6.45) is -11.4. The van der Waals surface area contributed by atoms with Crippen molar-refractivity contribution in [1.82, 2.24) is 0 Å². The number of hydrogen-bond donors (Lipinski definition) is 1. The van der Waals surface area contributed by atoms with E-state index in [0.717, 1.165) is 30.3 Å². The minimum Gasteiger partial charge on any atom is -0.478 e. The molecule has 0 amide bonds. The minimum absolute atomic E-state index is 0.0232. The monoisotopic (exact) mass is 658 g/mol. The molecule has 5 nitrogen and oxygen atoms in total. The summed E-state index contributed by atoms with van der Waals surface area (Å²) in [4.78, 5) is 23.0. The van der Waals surface area contributed by atoms with Gasteiger partial charge in [-0.15, -0.1) is 0 Å². The van der Waals surface area contributed by atoms with E-state index in [9.17, 15) is 41.0 Å². The number of hydrogen-bond acceptors (Lipinski definition) is 4. The van der Waals surface area contributed by atoms with E-state index >= 15 is 0 Å². The third-order valence-corrected chi connectivity index (χ3v) is 6.27. The number of ether oxygens (including phenoxy) is 2. The highest BCUT2D eigenvalue weighted by Crippen LogP contribution is 2.34. The third kappa shape index (κ3) is 9.92. The van der Waals surface area contributed by atoms with E-state index in [4.69, 9.17) is 32.7 Å². The van der Waals surface area contributed by atoms with Gasteiger partial charge in [-0.25, -0.2) is 4.79 Å². The first-order valence-electron chi connectivity index (χ1n) is 12.5. The van der Waals surface area contributed by atoms with Crippen molar-refractivity contribution in [2.24, 2.45) is 0 Å². The molecule has 4 rings (SSSR count). The molecule has 0 spiro atoms. The fourth-order valence-corrected chi connectivity index (χ4v) is 3.94. The molecule has 0 aliphatic heterocycles. The van der Waals surface area contributed by atoms with Crippen molar-refractivity contribution >= 4 is 35.0 Å². The Morgan fingerprint density at radius 1 is 0.636 bits per heavy atom. The molecule has 0 fully saturated rings. The van der Waals surface area contributed by atoms with Gasteiger partial charge in [0, 0.05) is 15.6 Å². The number of carbonyl (C=O) groups is 2. The van der Waals surface area contributed by atoms with E-state index in [2.05, 4.69) is 0 Å². The summed E-state index contributed by atoms with van der Waals surface area (Å²) in [5, 5.41) is 10.1. The molecule has 2 atom stereocenters. The molecule has 4 aromatic carbocycles. The Balaban J connectivity index is 0.000000240. The summed E-state index contributed by atoms with van der Waals surface area (Å²) in [6.45, 7) is 1.31. The van der Waals surface area contributed by atoms with Crippen molar-refractivity contribution in [3.8, 4) is 11.5 Å². The van der Waals surface area contributed by atoms with Gasteiger partial charge < -0.3 is 14.6 Å². The van der Waals surface area contributed by atoms with Crippen LogP contribution in [0.3, 0.4) is 0 Å². The van der Waals surface area contributed by atoms with E-state index in [1.165, 1.54) is 49.4 Å². The lowest BCUT2D eigenvalue weighted by molar-refractivity contribution is -0.145. The van der Waals surface area contributed by atoms with Gasteiger partial charge in [0.15, 0.2) is 11.9 Å². The normalized spacial score (nSPS) is 12.8. The Bertz CT molecular complexity index is 1450. The first-order chi connectivity index (χ1) is 20.5. The molecule has 4 aromatic rings. The number of alkyl halides is 6.